The Balaban J connectivity index is 1.34. The first-order chi connectivity index (χ1) is 16.3. The van der Waals surface area contributed by atoms with Gasteiger partial charge < -0.3 is 4.90 Å². The van der Waals surface area contributed by atoms with Crippen LogP contribution in [0.15, 0.2) is 52.2 Å². The summed E-state index contributed by atoms with van der Waals surface area (Å²) >= 11 is 0. The maximum Gasteiger partial charge on any atom is 0.261 e. The normalized spacial score (nSPS) is 17.4. The summed E-state index contributed by atoms with van der Waals surface area (Å²) in [5.74, 6) is 0.612. The fraction of sp³-hybridized carbons (Fsp3) is 0.400. The van der Waals surface area contributed by atoms with E-state index in [1.54, 1.807) is 51.9 Å². The van der Waals surface area contributed by atoms with Gasteiger partial charge in [-0.1, -0.05) is 24.1 Å². The second-order valence-corrected chi connectivity index (χ2v) is 11.0. The first-order valence-electron chi connectivity index (χ1n) is 11.7. The van der Waals surface area contributed by atoms with Gasteiger partial charge in [0.05, 0.1) is 15.8 Å². The number of sulfonamides is 1. The highest BCUT2D eigenvalue weighted by Crippen LogP contribution is 2.21. The van der Waals surface area contributed by atoms with Crippen molar-refractivity contribution >= 4 is 26.8 Å². The van der Waals surface area contributed by atoms with E-state index < -0.39 is 10.0 Å². The smallest absolute Gasteiger partial charge is 0.261 e. The number of hydrogen-bond acceptors (Lipinski definition) is 5. The van der Waals surface area contributed by atoms with E-state index in [0.29, 0.717) is 36.1 Å². The number of carbonyl (C=O) groups is 1. The van der Waals surface area contributed by atoms with Crippen molar-refractivity contribution in [2.45, 2.75) is 44.0 Å². The molecule has 2 aliphatic rings. The van der Waals surface area contributed by atoms with E-state index >= 15 is 0 Å². The van der Waals surface area contributed by atoms with E-state index in [1.807, 2.05) is 6.92 Å². The van der Waals surface area contributed by atoms with Crippen molar-refractivity contribution in [1.82, 2.24) is 18.8 Å². The number of carbonyl (C=O) groups excluding carboxylic acids is 1. The molecule has 5 rings (SSSR count). The fourth-order valence-corrected chi connectivity index (χ4v) is 6.15. The van der Waals surface area contributed by atoms with Crippen LogP contribution in [0.2, 0.25) is 0 Å². The summed E-state index contributed by atoms with van der Waals surface area (Å²) in [6, 6.07) is 11.9. The van der Waals surface area contributed by atoms with E-state index in [2.05, 4.69) is 0 Å². The minimum Gasteiger partial charge on any atom is -0.336 e. The van der Waals surface area contributed by atoms with Gasteiger partial charge >= 0.3 is 0 Å². The van der Waals surface area contributed by atoms with Crippen LogP contribution in [-0.2, 0) is 23.0 Å². The summed E-state index contributed by atoms with van der Waals surface area (Å²) in [5.41, 5.74) is 1.96. The third-order valence-electron chi connectivity index (χ3n) is 6.75. The van der Waals surface area contributed by atoms with Gasteiger partial charge in [0, 0.05) is 44.7 Å². The maximum atomic E-state index is 13.2. The lowest BCUT2D eigenvalue weighted by molar-refractivity contribution is 0.0698. The molecule has 1 amide bonds. The second kappa shape index (κ2) is 8.96. The molecule has 0 spiro atoms. The van der Waals surface area contributed by atoms with E-state index in [9.17, 15) is 18.0 Å². The largest absolute Gasteiger partial charge is 0.336 e. The van der Waals surface area contributed by atoms with Gasteiger partial charge in [-0.05, 0) is 50.1 Å². The van der Waals surface area contributed by atoms with Crippen LogP contribution in [-0.4, -0.2) is 59.3 Å². The highest BCUT2D eigenvalue weighted by atomic mass is 32.2. The van der Waals surface area contributed by atoms with Crippen molar-refractivity contribution in [2.24, 2.45) is 0 Å². The minimum atomic E-state index is -3.59. The molecular weight excluding hydrogens is 452 g/mol. The van der Waals surface area contributed by atoms with Gasteiger partial charge in [-0.25, -0.2) is 13.4 Å². The lowest BCUT2D eigenvalue weighted by Gasteiger charge is -2.34. The number of aryl methyl sites for hydroxylation is 2. The van der Waals surface area contributed by atoms with Crippen LogP contribution in [0.1, 0.15) is 41.0 Å². The maximum absolute atomic E-state index is 13.2. The van der Waals surface area contributed by atoms with Crippen LogP contribution in [0.3, 0.4) is 0 Å². The molecule has 0 N–H and O–H groups in total. The Morgan fingerprint density at radius 1 is 0.912 bits per heavy atom. The van der Waals surface area contributed by atoms with Gasteiger partial charge in [-0.3, -0.25) is 14.2 Å². The van der Waals surface area contributed by atoms with Crippen molar-refractivity contribution in [3.8, 4) is 0 Å². The summed E-state index contributed by atoms with van der Waals surface area (Å²) in [7, 11) is -3.59. The molecule has 1 aromatic heterocycles. The molecular formula is C25H28N4O4S. The molecule has 1 fully saturated rings. The summed E-state index contributed by atoms with van der Waals surface area (Å²) < 4.78 is 29.1. The Labute approximate surface area is 198 Å². The number of piperazine rings is 1. The molecule has 8 nitrogen and oxygen atoms in total. The van der Waals surface area contributed by atoms with Gasteiger partial charge in [0.1, 0.15) is 5.82 Å². The van der Waals surface area contributed by atoms with E-state index in [4.69, 9.17) is 4.98 Å². The third-order valence-corrected chi connectivity index (χ3v) is 8.66. The number of aromatic nitrogens is 2. The highest BCUT2D eigenvalue weighted by molar-refractivity contribution is 7.89. The van der Waals surface area contributed by atoms with E-state index in [0.717, 1.165) is 37.1 Å². The lowest BCUT2D eigenvalue weighted by Crippen LogP contribution is -2.50. The SMILES string of the molecule is Cc1ccc(S(=O)(=O)N2CCN(C(=O)c3ccc4c(=O)n5c(nc4c3)CCCCC5)CC2)cc1. The van der Waals surface area contributed by atoms with Gasteiger partial charge in [0.2, 0.25) is 10.0 Å². The summed E-state index contributed by atoms with van der Waals surface area (Å²) in [4.78, 5) is 32.8. The van der Waals surface area contributed by atoms with Crippen LogP contribution < -0.4 is 5.56 Å². The zero-order chi connectivity index (χ0) is 23.9. The van der Waals surface area contributed by atoms with E-state index in [1.165, 1.54) is 4.31 Å². The zero-order valence-corrected chi connectivity index (χ0v) is 20.1. The zero-order valence-electron chi connectivity index (χ0n) is 19.2. The summed E-state index contributed by atoms with van der Waals surface area (Å²) in [6.45, 7) is 3.69. The minimum absolute atomic E-state index is 0.0455. The Morgan fingerprint density at radius 2 is 1.65 bits per heavy atom. The molecule has 3 heterocycles. The van der Waals surface area contributed by atoms with Crippen LogP contribution in [0, 0.1) is 6.92 Å². The van der Waals surface area contributed by atoms with Gasteiger partial charge in [0.15, 0.2) is 0 Å². The molecule has 0 saturated carbocycles. The molecule has 2 aromatic carbocycles. The second-order valence-electron chi connectivity index (χ2n) is 9.04. The van der Waals surface area contributed by atoms with Crippen molar-refractivity contribution in [3.63, 3.8) is 0 Å². The molecule has 1 saturated heterocycles. The van der Waals surface area contributed by atoms with Crippen LogP contribution >= 0.6 is 0 Å². The molecule has 0 radical (unpaired) electrons. The number of benzene rings is 2. The molecule has 0 aliphatic carbocycles. The lowest BCUT2D eigenvalue weighted by atomic mass is 10.1. The van der Waals surface area contributed by atoms with Crippen molar-refractivity contribution in [3.05, 3.63) is 69.8 Å². The molecule has 9 heteroatoms. The highest BCUT2D eigenvalue weighted by Gasteiger charge is 2.30. The topological polar surface area (TPSA) is 92.6 Å². The monoisotopic (exact) mass is 480 g/mol. The van der Waals surface area contributed by atoms with Gasteiger partial charge in [0.25, 0.3) is 11.5 Å². The predicted octanol–water partition coefficient (Wildman–Crippen LogP) is 2.58. The number of fused-ring (bicyclic) bond motifs is 2. The molecule has 0 bridgehead atoms. The fourth-order valence-electron chi connectivity index (χ4n) is 4.72. The Morgan fingerprint density at radius 3 is 2.38 bits per heavy atom. The molecule has 0 unspecified atom stereocenters. The average Bonchev–Trinajstić information content (AvgIpc) is 3.09. The Kier molecular flexibility index (Phi) is 5.99. The third kappa shape index (κ3) is 4.14. The van der Waals surface area contributed by atoms with E-state index in [-0.39, 0.29) is 29.5 Å². The molecule has 34 heavy (non-hydrogen) atoms. The van der Waals surface area contributed by atoms with Crippen molar-refractivity contribution in [1.29, 1.82) is 0 Å². The van der Waals surface area contributed by atoms with Crippen LogP contribution in [0.25, 0.3) is 10.9 Å². The standard InChI is InChI=1S/C25H28N4O4S/c1-18-6-9-20(10-7-18)34(32,33)28-15-13-27(14-16-28)24(30)19-8-11-21-22(17-19)26-23-5-3-2-4-12-29(23)25(21)31/h6-11,17H,2-5,12-16H2,1H3. The van der Waals surface area contributed by atoms with Crippen molar-refractivity contribution < 1.29 is 13.2 Å². The molecule has 3 aromatic rings. The van der Waals surface area contributed by atoms with Crippen LogP contribution in [0.4, 0.5) is 0 Å². The number of rotatable bonds is 3. The number of hydrogen-bond donors (Lipinski definition) is 0. The Hall–Kier alpha value is -3.04. The van der Waals surface area contributed by atoms with Gasteiger partial charge in [-0.15, -0.1) is 0 Å². The average molecular weight is 481 g/mol. The quantitative estimate of drug-likeness (QED) is 0.575. The number of amides is 1. The van der Waals surface area contributed by atoms with Crippen LogP contribution in [0.5, 0.6) is 0 Å². The molecule has 178 valence electrons. The molecule has 0 atom stereocenters. The van der Waals surface area contributed by atoms with Gasteiger partial charge in [-0.2, -0.15) is 4.31 Å². The predicted molar refractivity (Wildman–Crippen MR) is 129 cm³/mol. The molecule has 2 aliphatic heterocycles. The summed E-state index contributed by atoms with van der Waals surface area (Å²) in [5, 5.41) is 0.524. The summed E-state index contributed by atoms with van der Waals surface area (Å²) in [6.07, 6.45) is 3.82. The van der Waals surface area contributed by atoms with Crippen molar-refractivity contribution in [2.75, 3.05) is 26.2 Å². The number of nitrogens with zero attached hydrogens (tertiary/aromatic N) is 4. The first kappa shape index (κ1) is 22.7. The first-order valence-corrected chi connectivity index (χ1v) is 13.2. The Bertz CT molecular complexity index is 1410.